The van der Waals surface area contributed by atoms with Crippen LogP contribution < -0.4 is 10.2 Å². The summed E-state index contributed by atoms with van der Waals surface area (Å²) in [5, 5.41) is 13.8. The summed E-state index contributed by atoms with van der Waals surface area (Å²) in [6, 6.07) is 8.50. The lowest BCUT2D eigenvalue weighted by atomic mass is 10.2. The third-order valence-corrected chi connectivity index (χ3v) is 4.79. The highest BCUT2D eigenvalue weighted by Gasteiger charge is 2.09. The molecule has 0 aliphatic rings. The highest BCUT2D eigenvalue weighted by Crippen LogP contribution is 2.30. The lowest BCUT2D eigenvalue weighted by Crippen LogP contribution is -2.17. The van der Waals surface area contributed by atoms with Crippen molar-refractivity contribution in [3.05, 3.63) is 54.0 Å². The molecule has 5 nitrogen and oxygen atoms in total. The Balaban J connectivity index is 2.13. The number of nitrogens with zero attached hydrogens (tertiary/aromatic N) is 1. The molecular weight excluding hydrogens is 543 g/mol. The number of phenols is 1. The number of carbonyl (C=O) groups excluding carboxylic acids is 1. The molecule has 2 aromatic carbocycles. The Hall–Kier alpha value is -1.13. The molecule has 2 aromatic rings. The number of halogens is 3. The van der Waals surface area contributed by atoms with Crippen LogP contribution in [-0.2, 0) is 0 Å². The second-order valence-electron chi connectivity index (χ2n) is 4.37. The largest absolute Gasteiger partial charge is 0.506 e. The Morgan fingerprint density at radius 3 is 2.78 bits per heavy atom. The molecule has 0 radical (unpaired) electrons. The van der Waals surface area contributed by atoms with Gasteiger partial charge in [0.1, 0.15) is 11.5 Å². The van der Waals surface area contributed by atoms with Gasteiger partial charge in [0.15, 0.2) is 0 Å². The number of amides is 1. The van der Waals surface area contributed by atoms with E-state index >= 15 is 0 Å². The van der Waals surface area contributed by atoms with Crippen LogP contribution in [-0.4, -0.2) is 24.3 Å². The number of aromatic hydroxyl groups is 1. The van der Waals surface area contributed by atoms with Crippen molar-refractivity contribution in [3.63, 3.8) is 0 Å². The molecule has 120 valence electrons. The van der Waals surface area contributed by atoms with E-state index in [1.807, 2.05) is 0 Å². The number of hydrazone groups is 1. The SMILES string of the molecule is COc1cc(C(=O)N/N=C\c2cc(Br)cc(Br)c2O)ccc1I. The van der Waals surface area contributed by atoms with Crippen LogP contribution in [0.4, 0.5) is 0 Å². The summed E-state index contributed by atoms with van der Waals surface area (Å²) in [6.45, 7) is 0. The maximum Gasteiger partial charge on any atom is 0.271 e. The second kappa shape index (κ2) is 8.11. The van der Waals surface area contributed by atoms with E-state index in [1.54, 1.807) is 37.4 Å². The van der Waals surface area contributed by atoms with Crippen LogP contribution in [0.15, 0.2) is 44.4 Å². The average Bonchev–Trinajstić information content (AvgIpc) is 2.52. The number of carbonyl (C=O) groups is 1. The van der Waals surface area contributed by atoms with Crippen molar-refractivity contribution in [1.82, 2.24) is 5.43 Å². The number of ether oxygens (including phenoxy) is 1. The van der Waals surface area contributed by atoms with Crippen molar-refractivity contribution in [2.75, 3.05) is 7.11 Å². The quantitative estimate of drug-likeness (QED) is 0.337. The zero-order valence-electron chi connectivity index (χ0n) is 11.8. The van der Waals surface area contributed by atoms with E-state index in [9.17, 15) is 9.90 Å². The maximum absolute atomic E-state index is 12.1. The van der Waals surface area contributed by atoms with Crippen molar-refractivity contribution >= 4 is 66.6 Å². The van der Waals surface area contributed by atoms with Gasteiger partial charge in [-0.05, 0) is 68.9 Å². The van der Waals surface area contributed by atoms with Gasteiger partial charge in [-0.3, -0.25) is 4.79 Å². The minimum Gasteiger partial charge on any atom is -0.506 e. The number of hydrogen-bond acceptors (Lipinski definition) is 4. The van der Waals surface area contributed by atoms with Gasteiger partial charge in [0.25, 0.3) is 5.91 Å². The molecule has 0 aromatic heterocycles. The van der Waals surface area contributed by atoms with Crippen LogP contribution in [0.2, 0.25) is 0 Å². The summed E-state index contributed by atoms with van der Waals surface area (Å²) in [5.41, 5.74) is 3.31. The number of methoxy groups -OCH3 is 1. The van der Waals surface area contributed by atoms with E-state index in [2.05, 4.69) is 65.0 Å². The van der Waals surface area contributed by atoms with Crippen molar-refractivity contribution in [3.8, 4) is 11.5 Å². The van der Waals surface area contributed by atoms with Crippen LogP contribution in [0, 0.1) is 3.57 Å². The third-order valence-electron chi connectivity index (χ3n) is 2.84. The summed E-state index contributed by atoms with van der Waals surface area (Å²) >= 11 is 8.68. The van der Waals surface area contributed by atoms with E-state index in [4.69, 9.17) is 4.74 Å². The minimum absolute atomic E-state index is 0.0436. The molecule has 0 unspecified atom stereocenters. The molecule has 0 bridgehead atoms. The molecular formula is C15H11Br2IN2O3. The second-order valence-corrected chi connectivity index (χ2v) is 7.31. The van der Waals surface area contributed by atoms with Crippen molar-refractivity contribution in [2.45, 2.75) is 0 Å². The summed E-state index contributed by atoms with van der Waals surface area (Å²) in [5.74, 6) is 0.294. The number of hydrogen-bond donors (Lipinski definition) is 2. The highest BCUT2D eigenvalue weighted by atomic mass is 127. The van der Waals surface area contributed by atoms with Crippen LogP contribution in [0.25, 0.3) is 0 Å². The van der Waals surface area contributed by atoms with Crippen molar-refractivity contribution in [2.24, 2.45) is 5.10 Å². The number of benzene rings is 2. The van der Waals surface area contributed by atoms with Gasteiger partial charge in [0.2, 0.25) is 0 Å². The van der Waals surface area contributed by atoms with Crippen molar-refractivity contribution < 1.29 is 14.6 Å². The van der Waals surface area contributed by atoms with Gasteiger partial charge in [0, 0.05) is 15.6 Å². The molecule has 0 spiro atoms. The van der Waals surface area contributed by atoms with Gasteiger partial charge in [-0.15, -0.1) is 0 Å². The van der Waals surface area contributed by atoms with Crippen LogP contribution >= 0.6 is 54.5 Å². The lowest BCUT2D eigenvalue weighted by molar-refractivity contribution is 0.0954. The Labute approximate surface area is 163 Å². The fourth-order valence-corrected chi connectivity index (χ4v) is 3.52. The smallest absolute Gasteiger partial charge is 0.271 e. The zero-order valence-corrected chi connectivity index (χ0v) is 17.1. The van der Waals surface area contributed by atoms with Gasteiger partial charge >= 0.3 is 0 Å². The van der Waals surface area contributed by atoms with Gasteiger partial charge in [-0.1, -0.05) is 15.9 Å². The van der Waals surface area contributed by atoms with E-state index in [-0.39, 0.29) is 11.7 Å². The first-order chi connectivity index (χ1) is 10.9. The third kappa shape index (κ3) is 4.67. The van der Waals surface area contributed by atoms with Gasteiger partial charge in [-0.2, -0.15) is 5.10 Å². The predicted molar refractivity (Wildman–Crippen MR) is 104 cm³/mol. The molecule has 2 rings (SSSR count). The van der Waals surface area contributed by atoms with E-state index in [0.717, 1.165) is 8.04 Å². The van der Waals surface area contributed by atoms with Crippen LogP contribution in [0.5, 0.6) is 11.5 Å². The predicted octanol–water partition coefficient (Wildman–Crippen LogP) is 4.29. The number of phenolic OH excluding ortho intramolecular Hbond substituents is 1. The molecule has 0 aliphatic carbocycles. The van der Waals surface area contributed by atoms with Gasteiger partial charge < -0.3 is 9.84 Å². The van der Waals surface area contributed by atoms with E-state index < -0.39 is 0 Å². The summed E-state index contributed by atoms with van der Waals surface area (Å²) < 4.78 is 7.40. The Morgan fingerprint density at radius 1 is 1.35 bits per heavy atom. The first-order valence-corrected chi connectivity index (χ1v) is 8.94. The monoisotopic (exact) mass is 552 g/mol. The Kier molecular flexibility index (Phi) is 6.42. The molecule has 23 heavy (non-hydrogen) atoms. The number of nitrogens with one attached hydrogen (secondary N) is 1. The molecule has 0 atom stereocenters. The lowest BCUT2D eigenvalue weighted by Gasteiger charge is -2.06. The zero-order chi connectivity index (χ0) is 17.0. The van der Waals surface area contributed by atoms with Gasteiger partial charge in [-0.25, -0.2) is 5.43 Å². The Bertz CT molecular complexity index is 782. The van der Waals surface area contributed by atoms with Crippen molar-refractivity contribution in [1.29, 1.82) is 0 Å². The molecule has 0 heterocycles. The fraction of sp³-hybridized carbons (Fsp3) is 0.0667. The molecule has 1 amide bonds. The number of rotatable bonds is 4. The van der Waals surface area contributed by atoms with Gasteiger partial charge in [0.05, 0.1) is 21.4 Å². The first-order valence-electron chi connectivity index (χ1n) is 6.27. The minimum atomic E-state index is -0.371. The summed E-state index contributed by atoms with van der Waals surface area (Å²) in [7, 11) is 1.55. The molecule has 8 heteroatoms. The Morgan fingerprint density at radius 2 is 2.09 bits per heavy atom. The molecule has 0 saturated heterocycles. The fourth-order valence-electron chi connectivity index (χ4n) is 1.71. The summed E-state index contributed by atoms with van der Waals surface area (Å²) in [4.78, 5) is 12.1. The van der Waals surface area contributed by atoms with Crippen LogP contribution in [0.3, 0.4) is 0 Å². The standard InChI is InChI=1S/C15H11Br2IN2O3/c1-23-13-5-8(2-3-12(13)18)15(22)20-19-7-9-4-10(16)6-11(17)14(9)21/h2-7,21H,1H3,(H,20,22)/b19-7-. The summed E-state index contributed by atoms with van der Waals surface area (Å²) in [6.07, 6.45) is 1.37. The normalized spacial score (nSPS) is 10.8. The molecule has 2 N–H and O–H groups in total. The molecule has 0 fully saturated rings. The maximum atomic E-state index is 12.1. The first kappa shape index (κ1) is 18.2. The highest BCUT2D eigenvalue weighted by molar-refractivity contribution is 14.1. The molecule has 0 saturated carbocycles. The van der Waals surface area contributed by atoms with E-state index in [0.29, 0.717) is 21.3 Å². The molecule has 0 aliphatic heterocycles. The average molecular weight is 554 g/mol. The topological polar surface area (TPSA) is 70.9 Å². The van der Waals surface area contributed by atoms with E-state index in [1.165, 1.54) is 6.21 Å². The van der Waals surface area contributed by atoms with Crippen LogP contribution in [0.1, 0.15) is 15.9 Å².